The van der Waals surface area contributed by atoms with Gasteiger partial charge in [-0.3, -0.25) is 0 Å². The third kappa shape index (κ3) is 1.73. The van der Waals surface area contributed by atoms with Crippen molar-refractivity contribution in [2.75, 3.05) is 0 Å². The van der Waals surface area contributed by atoms with Gasteiger partial charge >= 0.3 is 12.1 Å². The van der Waals surface area contributed by atoms with Crippen LogP contribution < -0.4 is 0 Å². The number of carboxylic acid groups (broad SMARTS) is 1. The Morgan fingerprint density at radius 3 is 2.44 bits per heavy atom. The molecule has 0 aliphatic carbocycles. The van der Waals surface area contributed by atoms with Crippen LogP contribution in [0, 0.1) is 6.92 Å². The van der Waals surface area contributed by atoms with Crippen molar-refractivity contribution in [3.63, 3.8) is 0 Å². The number of alkyl halides is 3. The molecule has 2 rings (SSSR count). The molecule has 1 heterocycles. The molecule has 0 aliphatic rings. The zero-order chi connectivity index (χ0) is 13.7. The molecule has 0 amide bonds. The van der Waals surface area contributed by atoms with E-state index in [1.807, 2.05) is 0 Å². The van der Waals surface area contributed by atoms with Gasteiger partial charge in [0.2, 0.25) is 0 Å². The largest absolute Gasteiger partial charge is 0.478 e. The lowest BCUT2D eigenvalue weighted by Crippen LogP contribution is -2.15. The Kier molecular flexibility index (Phi) is 2.61. The summed E-state index contributed by atoms with van der Waals surface area (Å²) >= 11 is 0. The van der Waals surface area contributed by atoms with Crippen LogP contribution in [0.5, 0.6) is 0 Å². The van der Waals surface area contributed by atoms with Crippen molar-refractivity contribution in [3.8, 4) is 0 Å². The van der Waals surface area contributed by atoms with Gasteiger partial charge in [0.15, 0.2) is 0 Å². The van der Waals surface area contributed by atoms with Crippen LogP contribution in [0.25, 0.3) is 10.9 Å². The van der Waals surface area contributed by atoms with Gasteiger partial charge in [-0.1, -0.05) is 12.1 Å². The van der Waals surface area contributed by atoms with Crippen LogP contribution in [-0.2, 0) is 13.2 Å². The minimum atomic E-state index is -4.70. The molecule has 0 aliphatic heterocycles. The Hall–Kier alpha value is -1.98. The monoisotopic (exact) mass is 257 g/mol. The van der Waals surface area contributed by atoms with Crippen molar-refractivity contribution in [2.24, 2.45) is 7.05 Å². The number of hydrogen-bond acceptors (Lipinski definition) is 1. The van der Waals surface area contributed by atoms with Crippen LogP contribution in [0.4, 0.5) is 13.2 Å². The van der Waals surface area contributed by atoms with Gasteiger partial charge < -0.3 is 9.67 Å². The Bertz CT molecular complexity index is 641. The highest BCUT2D eigenvalue weighted by molar-refractivity contribution is 6.05. The number of fused-ring (bicyclic) bond motifs is 1. The minimum absolute atomic E-state index is 0.0999. The van der Waals surface area contributed by atoms with E-state index in [2.05, 4.69) is 0 Å². The van der Waals surface area contributed by atoms with E-state index in [1.165, 1.54) is 19.2 Å². The zero-order valence-corrected chi connectivity index (χ0v) is 9.67. The van der Waals surface area contributed by atoms with Gasteiger partial charge in [0.25, 0.3) is 0 Å². The van der Waals surface area contributed by atoms with Crippen LogP contribution in [0.3, 0.4) is 0 Å². The lowest BCUT2D eigenvalue weighted by Gasteiger charge is -2.09. The molecule has 3 nitrogen and oxygen atoms in total. The van der Waals surface area contributed by atoms with Crippen molar-refractivity contribution >= 4 is 16.9 Å². The maximum Gasteiger partial charge on any atom is 0.432 e. The van der Waals surface area contributed by atoms with Crippen molar-refractivity contribution in [2.45, 2.75) is 13.1 Å². The predicted octanol–water partition coefficient (Wildman–Crippen LogP) is 3.20. The molecule has 6 heteroatoms. The first-order chi connectivity index (χ1) is 8.23. The molecule has 0 saturated heterocycles. The summed E-state index contributed by atoms with van der Waals surface area (Å²) in [6, 6.07) is 4.54. The summed E-state index contributed by atoms with van der Waals surface area (Å²) in [6.07, 6.45) is -4.70. The van der Waals surface area contributed by atoms with Crippen molar-refractivity contribution < 1.29 is 23.1 Å². The molecular formula is C12H10F3NO2. The first kappa shape index (κ1) is 12.5. The third-order valence-corrected chi connectivity index (χ3v) is 2.84. The number of carboxylic acids is 1. The van der Waals surface area contributed by atoms with Gasteiger partial charge in [0, 0.05) is 18.0 Å². The zero-order valence-electron chi connectivity index (χ0n) is 9.67. The van der Waals surface area contributed by atoms with Crippen molar-refractivity contribution in [3.05, 3.63) is 35.0 Å². The van der Waals surface area contributed by atoms with E-state index < -0.39 is 23.4 Å². The van der Waals surface area contributed by atoms with E-state index in [9.17, 15) is 18.0 Å². The smallest absolute Gasteiger partial charge is 0.432 e. The normalized spacial score (nSPS) is 12.1. The first-order valence-electron chi connectivity index (χ1n) is 5.13. The highest BCUT2D eigenvalue weighted by Gasteiger charge is 2.40. The van der Waals surface area contributed by atoms with Gasteiger partial charge in [0.05, 0.1) is 5.56 Å². The van der Waals surface area contributed by atoms with E-state index in [-0.39, 0.29) is 10.9 Å². The number of carbonyl (C=O) groups is 1. The lowest BCUT2D eigenvalue weighted by molar-refractivity contribution is -0.143. The number of aryl methyl sites for hydroxylation is 2. The molecule has 0 radical (unpaired) electrons. The van der Waals surface area contributed by atoms with E-state index in [4.69, 9.17) is 5.11 Å². The fourth-order valence-corrected chi connectivity index (χ4v) is 2.09. The van der Waals surface area contributed by atoms with Crippen LogP contribution in [0.2, 0.25) is 0 Å². The number of hydrogen-bond donors (Lipinski definition) is 1. The molecule has 18 heavy (non-hydrogen) atoms. The molecule has 0 saturated carbocycles. The molecule has 1 aromatic carbocycles. The maximum absolute atomic E-state index is 12.9. The topological polar surface area (TPSA) is 42.2 Å². The summed E-state index contributed by atoms with van der Waals surface area (Å²) in [5, 5.41) is 9.10. The van der Waals surface area contributed by atoms with Crippen molar-refractivity contribution in [1.82, 2.24) is 4.57 Å². The second-order valence-electron chi connectivity index (χ2n) is 4.11. The molecular weight excluding hydrogens is 247 g/mol. The van der Waals surface area contributed by atoms with Gasteiger partial charge in [-0.2, -0.15) is 13.2 Å². The summed E-state index contributed by atoms with van der Waals surface area (Å²) in [4.78, 5) is 11.1. The number of halogens is 3. The minimum Gasteiger partial charge on any atom is -0.478 e. The SMILES string of the molecule is Cc1ccc2c(C(=O)O)c(C(F)(F)F)n(C)c2c1. The Balaban J connectivity index is 2.97. The molecule has 96 valence electrons. The van der Waals surface area contributed by atoms with E-state index in [0.29, 0.717) is 0 Å². The van der Waals surface area contributed by atoms with Crippen LogP contribution in [0.1, 0.15) is 21.6 Å². The molecule has 1 N–H and O–H groups in total. The van der Waals surface area contributed by atoms with E-state index in [1.54, 1.807) is 13.0 Å². The molecule has 2 aromatic rings. The number of benzene rings is 1. The second kappa shape index (κ2) is 3.76. The van der Waals surface area contributed by atoms with Gasteiger partial charge in [-0.05, 0) is 18.6 Å². The van der Waals surface area contributed by atoms with E-state index >= 15 is 0 Å². The average molecular weight is 257 g/mol. The van der Waals surface area contributed by atoms with Crippen molar-refractivity contribution in [1.29, 1.82) is 0 Å². The molecule has 0 bridgehead atoms. The summed E-state index contributed by atoms with van der Waals surface area (Å²) in [6.45, 7) is 1.74. The van der Waals surface area contributed by atoms with Gasteiger partial charge in [0.1, 0.15) is 5.69 Å². The number of nitrogens with zero attached hydrogens (tertiary/aromatic N) is 1. The van der Waals surface area contributed by atoms with E-state index in [0.717, 1.165) is 10.1 Å². The number of aromatic nitrogens is 1. The quantitative estimate of drug-likeness (QED) is 0.852. The molecule has 1 aromatic heterocycles. The Labute approximate surface area is 100 Å². The Morgan fingerprint density at radius 2 is 1.94 bits per heavy atom. The third-order valence-electron chi connectivity index (χ3n) is 2.84. The highest BCUT2D eigenvalue weighted by Crippen LogP contribution is 2.37. The summed E-state index contributed by atoms with van der Waals surface area (Å²) in [7, 11) is 1.22. The van der Waals surface area contributed by atoms with Gasteiger partial charge in [-0.25, -0.2) is 4.79 Å². The second-order valence-corrected chi connectivity index (χ2v) is 4.11. The lowest BCUT2D eigenvalue weighted by atomic mass is 10.1. The van der Waals surface area contributed by atoms with Crippen LogP contribution >= 0.6 is 0 Å². The molecule has 0 spiro atoms. The van der Waals surface area contributed by atoms with Gasteiger partial charge in [-0.15, -0.1) is 0 Å². The molecule has 0 atom stereocenters. The first-order valence-corrected chi connectivity index (χ1v) is 5.13. The highest BCUT2D eigenvalue weighted by atomic mass is 19.4. The average Bonchev–Trinajstić information content (AvgIpc) is 2.51. The molecule has 0 unspecified atom stereocenters. The Morgan fingerprint density at radius 1 is 1.33 bits per heavy atom. The summed E-state index contributed by atoms with van der Waals surface area (Å²) in [5.74, 6) is -1.57. The summed E-state index contributed by atoms with van der Waals surface area (Å²) < 4.78 is 39.7. The summed E-state index contributed by atoms with van der Waals surface area (Å²) in [5.41, 5.74) is -0.788. The number of rotatable bonds is 1. The number of aromatic carboxylic acids is 1. The van der Waals surface area contributed by atoms with Crippen LogP contribution in [0.15, 0.2) is 18.2 Å². The molecule has 0 fully saturated rings. The fraction of sp³-hybridized carbons (Fsp3) is 0.250. The predicted molar refractivity (Wildman–Crippen MR) is 59.6 cm³/mol. The van der Waals surface area contributed by atoms with Crippen LogP contribution in [-0.4, -0.2) is 15.6 Å². The fourth-order valence-electron chi connectivity index (χ4n) is 2.09. The standard InChI is InChI=1S/C12H10F3NO2/c1-6-3-4-7-8(5-6)16(2)10(12(13,14)15)9(7)11(17)18/h3-5H,1-2H3,(H,17,18). The maximum atomic E-state index is 12.9.